The van der Waals surface area contributed by atoms with Crippen molar-refractivity contribution >= 4 is 17.7 Å². The van der Waals surface area contributed by atoms with Crippen LogP contribution in [-0.2, 0) is 16.0 Å². The monoisotopic (exact) mass is 295 g/mol. The average molecular weight is 296 g/mol. The van der Waals surface area contributed by atoms with E-state index in [-0.39, 0.29) is 11.7 Å². The minimum Gasteiger partial charge on any atom is -0.508 e. The summed E-state index contributed by atoms with van der Waals surface area (Å²) in [6.45, 7) is 3.33. The van der Waals surface area contributed by atoms with Gasteiger partial charge in [0.05, 0.1) is 6.61 Å². The number of halogens is 1. The number of nitrogens with zero attached hydrogens (tertiary/aromatic N) is 1. The zero-order valence-electron chi connectivity index (χ0n) is 11.4. The molecule has 0 amide bonds. The summed E-state index contributed by atoms with van der Waals surface area (Å²) in [6, 6.07) is 7.03. The molecule has 1 aliphatic rings. The number of aromatic hydroxyl groups is 1. The molecular weight excluding hydrogens is 278 g/mol. The van der Waals surface area contributed by atoms with Crippen LogP contribution in [0, 0.1) is 0 Å². The Morgan fingerprint density at radius 2 is 2.30 bits per heavy atom. The van der Waals surface area contributed by atoms with Crippen LogP contribution in [0.1, 0.15) is 18.9 Å². The fraction of sp³-hybridized carbons (Fsp3) is 0.400. The molecule has 0 atom stereocenters. The highest BCUT2D eigenvalue weighted by Crippen LogP contribution is 2.24. The number of benzene rings is 1. The quantitative estimate of drug-likeness (QED) is 0.685. The largest absolute Gasteiger partial charge is 0.508 e. The minimum absolute atomic E-state index is 0.222. The molecule has 0 aliphatic carbocycles. The Morgan fingerprint density at radius 1 is 1.50 bits per heavy atom. The fourth-order valence-electron chi connectivity index (χ4n) is 2.33. The van der Waals surface area contributed by atoms with Gasteiger partial charge in [-0.05, 0) is 54.8 Å². The van der Waals surface area contributed by atoms with Gasteiger partial charge in [0.2, 0.25) is 0 Å². The van der Waals surface area contributed by atoms with Crippen LogP contribution in [0.5, 0.6) is 5.75 Å². The van der Waals surface area contributed by atoms with Crippen molar-refractivity contribution in [2.24, 2.45) is 0 Å². The van der Waals surface area contributed by atoms with Gasteiger partial charge in [-0.2, -0.15) is 0 Å². The lowest BCUT2D eigenvalue weighted by atomic mass is 9.95. The lowest BCUT2D eigenvalue weighted by molar-refractivity contribution is -0.138. The van der Waals surface area contributed by atoms with E-state index in [1.165, 1.54) is 0 Å². The molecule has 0 aromatic heterocycles. The maximum atomic E-state index is 12.0. The Labute approximate surface area is 123 Å². The van der Waals surface area contributed by atoms with Gasteiger partial charge in [0, 0.05) is 18.7 Å². The zero-order valence-corrected chi connectivity index (χ0v) is 12.2. The highest BCUT2D eigenvalue weighted by molar-refractivity contribution is 6.13. The molecule has 0 fully saturated rings. The van der Waals surface area contributed by atoms with Crippen LogP contribution in [0.3, 0.4) is 0 Å². The number of esters is 1. The summed E-state index contributed by atoms with van der Waals surface area (Å²) in [5.74, 6) is -0.0354. The molecule has 1 aromatic carbocycles. The molecular formula is C15H18ClNO3. The molecule has 0 spiro atoms. The molecule has 1 N–H and O–H groups in total. The van der Waals surface area contributed by atoms with Gasteiger partial charge in [0.15, 0.2) is 0 Å². The highest BCUT2D eigenvalue weighted by atomic mass is 35.5. The van der Waals surface area contributed by atoms with Gasteiger partial charge in [-0.15, -0.1) is 0 Å². The molecule has 0 saturated carbocycles. The number of carbonyl (C=O) groups excluding carboxylic acids is 1. The van der Waals surface area contributed by atoms with E-state index in [0.717, 1.165) is 11.1 Å². The highest BCUT2D eigenvalue weighted by Gasteiger charge is 2.23. The summed E-state index contributed by atoms with van der Waals surface area (Å²) in [6.07, 6.45) is 1.18. The van der Waals surface area contributed by atoms with Gasteiger partial charge in [-0.3, -0.25) is 0 Å². The number of carbonyl (C=O) groups is 1. The van der Waals surface area contributed by atoms with Gasteiger partial charge >= 0.3 is 5.97 Å². The lowest BCUT2D eigenvalue weighted by Gasteiger charge is -2.25. The van der Waals surface area contributed by atoms with E-state index in [2.05, 4.69) is 0 Å². The Hall–Kier alpha value is -1.52. The average Bonchev–Trinajstić information content (AvgIpc) is 2.39. The van der Waals surface area contributed by atoms with Crippen molar-refractivity contribution in [2.45, 2.75) is 19.8 Å². The summed E-state index contributed by atoms with van der Waals surface area (Å²) in [7, 11) is 0. The van der Waals surface area contributed by atoms with Crippen LogP contribution in [-0.4, -0.2) is 35.2 Å². The summed E-state index contributed by atoms with van der Waals surface area (Å²) in [5, 5.41) is 9.51. The van der Waals surface area contributed by atoms with Crippen LogP contribution in [0.2, 0.25) is 0 Å². The van der Waals surface area contributed by atoms with Crippen molar-refractivity contribution in [3.63, 3.8) is 0 Å². The van der Waals surface area contributed by atoms with Crippen molar-refractivity contribution in [2.75, 3.05) is 19.7 Å². The summed E-state index contributed by atoms with van der Waals surface area (Å²) in [5.41, 5.74) is 2.62. The second-order valence-electron chi connectivity index (χ2n) is 4.74. The number of hydrogen-bond acceptors (Lipinski definition) is 4. The van der Waals surface area contributed by atoms with E-state index in [4.69, 9.17) is 16.5 Å². The van der Waals surface area contributed by atoms with Crippen molar-refractivity contribution < 1.29 is 14.6 Å². The molecule has 20 heavy (non-hydrogen) atoms. The first-order chi connectivity index (χ1) is 9.60. The predicted octanol–water partition coefficient (Wildman–Crippen LogP) is 2.65. The van der Waals surface area contributed by atoms with Crippen molar-refractivity contribution in [1.82, 2.24) is 4.42 Å². The van der Waals surface area contributed by atoms with E-state index >= 15 is 0 Å². The number of phenols is 1. The second-order valence-corrected chi connectivity index (χ2v) is 5.22. The van der Waals surface area contributed by atoms with Gasteiger partial charge in [-0.1, -0.05) is 12.1 Å². The van der Waals surface area contributed by atoms with E-state index < -0.39 is 0 Å². The molecule has 108 valence electrons. The topological polar surface area (TPSA) is 49.8 Å². The number of rotatable bonds is 4. The maximum absolute atomic E-state index is 12.0. The number of phenolic OH excluding ortho intramolecular Hbond substituents is 1. The van der Waals surface area contributed by atoms with Gasteiger partial charge in [-0.25, -0.2) is 9.21 Å². The first-order valence-electron chi connectivity index (χ1n) is 6.66. The van der Waals surface area contributed by atoms with Crippen molar-refractivity contribution in [3.8, 4) is 5.75 Å². The second kappa shape index (κ2) is 6.77. The first kappa shape index (κ1) is 14.9. The Balaban J connectivity index is 2.24. The minimum atomic E-state index is -0.257. The molecule has 1 aromatic rings. The van der Waals surface area contributed by atoms with E-state index in [1.54, 1.807) is 29.5 Å². The third kappa shape index (κ3) is 3.74. The summed E-state index contributed by atoms with van der Waals surface area (Å²) >= 11 is 6.05. The van der Waals surface area contributed by atoms with Crippen molar-refractivity contribution in [1.29, 1.82) is 0 Å². The van der Waals surface area contributed by atoms with E-state index in [1.807, 2.05) is 6.07 Å². The normalized spacial score (nSPS) is 16.3. The van der Waals surface area contributed by atoms with Crippen LogP contribution in [0.4, 0.5) is 0 Å². The molecule has 5 heteroatoms. The maximum Gasteiger partial charge on any atom is 0.334 e. The fourth-order valence-corrected chi connectivity index (χ4v) is 2.56. The molecule has 0 bridgehead atoms. The van der Waals surface area contributed by atoms with E-state index in [0.29, 0.717) is 38.1 Å². The van der Waals surface area contributed by atoms with Crippen molar-refractivity contribution in [3.05, 3.63) is 41.0 Å². The Kier molecular flexibility index (Phi) is 5.04. The SMILES string of the molecule is CCOC(=O)C1=C(Cc2cccc(O)c2)CN(Cl)CC1. The predicted molar refractivity (Wildman–Crippen MR) is 77.5 cm³/mol. The molecule has 2 rings (SSSR count). The van der Waals surface area contributed by atoms with Gasteiger partial charge < -0.3 is 9.84 Å². The standard InChI is InChI=1S/C15H18ClNO3/c1-2-20-15(19)14-6-7-17(16)10-12(14)8-11-4-3-5-13(18)9-11/h3-5,9,18H,2,6-8,10H2,1H3. The number of hydrogen-bond donors (Lipinski definition) is 1. The lowest BCUT2D eigenvalue weighted by Crippen LogP contribution is -2.28. The molecule has 0 unspecified atom stereocenters. The third-order valence-electron chi connectivity index (χ3n) is 3.24. The van der Waals surface area contributed by atoms with Crippen LogP contribution < -0.4 is 0 Å². The molecule has 4 nitrogen and oxygen atoms in total. The summed E-state index contributed by atoms with van der Waals surface area (Å²) < 4.78 is 6.77. The van der Waals surface area contributed by atoms with Crippen LogP contribution >= 0.6 is 11.8 Å². The van der Waals surface area contributed by atoms with Gasteiger partial charge in [0.1, 0.15) is 5.75 Å². The zero-order chi connectivity index (χ0) is 14.5. The molecule has 0 radical (unpaired) electrons. The van der Waals surface area contributed by atoms with Crippen LogP contribution in [0.25, 0.3) is 0 Å². The summed E-state index contributed by atoms with van der Waals surface area (Å²) in [4.78, 5) is 12.0. The molecule has 1 aliphatic heterocycles. The van der Waals surface area contributed by atoms with E-state index in [9.17, 15) is 9.90 Å². The smallest absolute Gasteiger partial charge is 0.334 e. The molecule has 1 heterocycles. The van der Waals surface area contributed by atoms with Crippen LogP contribution in [0.15, 0.2) is 35.4 Å². The Morgan fingerprint density at radius 3 is 3.00 bits per heavy atom. The number of ether oxygens (including phenoxy) is 1. The Bertz CT molecular complexity index is 528. The third-order valence-corrected chi connectivity index (χ3v) is 3.53. The first-order valence-corrected chi connectivity index (χ1v) is 7.00. The van der Waals surface area contributed by atoms with Gasteiger partial charge in [0.25, 0.3) is 0 Å². The molecule has 0 saturated heterocycles.